The molecule has 0 spiro atoms. The van der Waals surface area contributed by atoms with Gasteiger partial charge in [0.1, 0.15) is 59.6 Å². The number of aliphatic hydroxyl groups excluding tert-OH is 7. The van der Waals surface area contributed by atoms with Crippen LogP contribution in [0.25, 0.3) is 22.3 Å². The predicted molar refractivity (Wildman–Crippen MR) is 140 cm³/mol. The van der Waals surface area contributed by atoms with E-state index in [2.05, 4.69) is 0 Å². The summed E-state index contributed by atoms with van der Waals surface area (Å²) in [5.41, 5.74) is -0.0515. The molecular weight excluding hydrogens is 596 g/mol. The summed E-state index contributed by atoms with van der Waals surface area (Å²) in [4.78, 5) is 11.4. The number of aromatic hydroxyl groups is 3. The van der Waals surface area contributed by atoms with Gasteiger partial charge in [0.2, 0.25) is 18.3 Å². The number of ether oxygens (including phenoxy) is 4. The minimum atomic E-state index is -1.96. The molecule has 17 heteroatoms. The Balaban J connectivity index is 1.55. The Morgan fingerprint density at radius 1 is 0.750 bits per heavy atom. The monoisotopic (exact) mass is 625 g/mol. The molecule has 238 valence electrons. The third kappa shape index (κ3) is 5.75. The number of phenols is 3. The Morgan fingerprint density at radius 3 is 2.05 bits per heavy atom. The maximum absolute atomic E-state index is 11.4. The van der Waals surface area contributed by atoms with Gasteiger partial charge in [-0.15, -0.1) is 0 Å². The van der Waals surface area contributed by atoms with Crippen LogP contribution in [-0.2, 0) is 14.3 Å². The van der Waals surface area contributed by atoms with Gasteiger partial charge in [-0.2, -0.15) is 0 Å². The van der Waals surface area contributed by atoms with Gasteiger partial charge in [0.25, 0.3) is 0 Å². The number of carboxylic acid groups (broad SMARTS) is 1. The second kappa shape index (κ2) is 12.2. The minimum Gasteiger partial charge on any atom is -0.507 e. The fraction of sp³-hybridized carbons (Fsp3) is 0.407. The summed E-state index contributed by atoms with van der Waals surface area (Å²) >= 11 is 0. The van der Waals surface area contributed by atoms with Crippen LogP contribution in [0.4, 0.5) is 0 Å². The van der Waals surface area contributed by atoms with E-state index in [1.54, 1.807) is 0 Å². The third-order valence-electron chi connectivity index (χ3n) is 7.20. The van der Waals surface area contributed by atoms with Crippen LogP contribution in [0.2, 0.25) is 0 Å². The molecule has 1 aromatic heterocycles. The van der Waals surface area contributed by atoms with Crippen LogP contribution in [0.3, 0.4) is 0 Å². The Labute approximate surface area is 246 Å². The van der Waals surface area contributed by atoms with E-state index in [-0.39, 0.29) is 33.8 Å². The van der Waals surface area contributed by atoms with E-state index in [0.29, 0.717) is 0 Å². The van der Waals surface area contributed by atoms with E-state index in [1.165, 1.54) is 18.2 Å². The molecule has 0 bridgehead atoms. The van der Waals surface area contributed by atoms with Gasteiger partial charge in [0.15, 0.2) is 17.6 Å². The summed E-state index contributed by atoms with van der Waals surface area (Å²) in [5, 5.41) is 110. The third-order valence-corrected chi connectivity index (χ3v) is 7.20. The summed E-state index contributed by atoms with van der Waals surface area (Å²) in [5.74, 6) is -3.89. The predicted octanol–water partition coefficient (Wildman–Crippen LogP) is -2.05. The maximum atomic E-state index is 11.4. The molecule has 2 aliphatic rings. The lowest BCUT2D eigenvalue weighted by Crippen LogP contribution is -2.61. The second-order valence-electron chi connectivity index (χ2n) is 10.2. The number of aliphatic carboxylic acids is 1. The fourth-order valence-corrected chi connectivity index (χ4v) is 4.77. The molecule has 0 amide bonds. The normalized spacial score (nSPS) is 32.3. The van der Waals surface area contributed by atoms with E-state index in [4.69, 9.17) is 23.4 Å². The molecule has 2 fully saturated rings. The molecule has 17 nitrogen and oxygen atoms in total. The van der Waals surface area contributed by atoms with Crippen LogP contribution >= 0.6 is 0 Å². The van der Waals surface area contributed by atoms with Crippen LogP contribution < -0.4 is 9.47 Å². The molecule has 0 aliphatic carbocycles. The molecule has 0 radical (unpaired) electrons. The topological polar surface area (TPSA) is 288 Å². The maximum Gasteiger partial charge on any atom is 0.402 e. The van der Waals surface area contributed by atoms with E-state index in [0.717, 1.165) is 18.2 Å². The first-order chi connectivity index (χ1) is 20.8. The van der Waals surface area contributed by atoms with E-state index in [1.807, 2.05) is 0 Å². The van der Waals surface area contributed by atoms with Crippen LogP contribution in [0, 0.1) is 0 Å². The summed E-state index contributed by atoms with van der Waals surface area (Å²) in [6.07, 6.45) is -17.9. The first-order valence-electron chi connectivity index (χ1n) is 13.0. The van der Waals surface area contributed by atoms with Crippen molar-refractivity contribution in [3.8, 4) is 40.1 Å². The lowest BCUT2D eigenvalue weighted by atomic mass is 9.99. The number of fused-ring (bicyclic) bond motifs is 1. The number of aliphatic hydroxyl groups is 7. The van der Waals surface area contributed by atoms with Gasteiger partial charge in [-0.25, -0.2) is 9.21 Å². The van der Waals surface area contributed by atoms with Crippen molar-refractivity contribution in [2.75, 3.05) is 6.61 Å². The number of carboxylic acids is 1. The Hall–Kier alpha value is -4.04. The smallest absolute Gasteiger partial charge is 0.402 e. The molecule has 11 N–H and O–H groups in total. The number of phenolic OH excluding ortho intramolecular Hbond substituents is 3. The number of benzene rings is 2. The van der Waals surface area contributed by atoms with Crippen LogP contribution in [0.15, 0.2) is 40.8 Å². The standard InChI is InChI=1S/C27H28O17/c28-7-16-17(32)18(33)21(36)27(43-16)42-15-6-10-12(30)4-9(40-26-22(37)19(34)20(35)24(44-26)25(38)39)5-14(10)41-23(15)8-1-2-11(29)13(31)3-8/h1-6,16-22,24,26-28,32-37H,7H2,(H3-,29,30,31,38,39)/p+1/t16-,17-,18+,19+,20+,21-,22-,24+,26+,27-/m1/s1. The molecule has 44 heavy (non-hydrogen) atoms. The average molecular weight is 626 g/mol. The zero-order valence-electron chi connectivity index (χ0n) is 22.3. The highest BCUT2D eigenvalue weighted by Gasteiger charge is 2.48. The van der Waals surface area contributed by atoms with Gasteiger partial charge in [0.05, 0.1) is 18.2 Å². The largest absolute Gasteiger partial charge is 0.507 e. The molecule has 2 aromatic carbocycles. The molecule has 0 unspecified atom stereocenters. The van der Waals surface area contributed by atoms with Crippen molar-refractivity contribution < 1.29 is 84.3 Å². The van der Waals surface area contributed by atoms with E-state index >= 15 is 0 Å². The SMILES string of the molecule is O=C(O)[C@H]1O[C@H](Oc2cc(O)c3cc(O[C@@H]4O[C@H](CO)[C@@H](O)[C@H](O)[C@H]4O)c(-c4ccc(O)c(O)c4)[o+]c3c2)[C@H](O)[C@@H](O)[C@@H]1O. The van der Waals surface area contributed by atoms with Crippen LogP contribution in [-0.4, -0.2) is 130 Å². The molecule has 3 heterocycles. The van der Waals surface area contributed by atoms with Gasteiger partial charge in [-0.05, 0) is 12.1 Å². The van der Waals surface area contributed by atoms with Crippen molar-refractivity contribution in [1.82, 2.24) is 0 Å². The summed E-state index contributed by atoms with van der Waals surface area (Å²) < 4.78 is 27.7. The number of hydrogen-bond acceptors (Lipinski definition) is 15. The molecule has 3 aromatic rings. The fourth-order valence-electron chi connectivity index (χ4n) is 4.77. The molecular formula is C27H29O17+. The lowest BCUT2D eigenvalue weighted by molar-refractivity contribution is -0.277. The van der Waals surface area contributed by atoms with Crippen molar-refractivity contribution in [1.29, 1.82) is 0 Å². The summed E-state index contributed by atoms with van der Waals surface area (Å²) in [6, 6.07) is 6.94. The molecule has 5 rings (SSSR count). The van der Waals surface area contributed by atoms with E-state index in [9.17, 15) is 61.0 Å². The Bertz CT molecular complexity index is 1530. The van der Waals surface area contributed by atoms with Gasteiger partial charge < -0.3 is 75.1 Å². The second-order valence-corrected chi connectivity index (χ2v) is 10.2. The lowest BCUT2D eigenvalue weighted by Gasteiger charge is -2.39. The first-order valence-corrected chi connectivity index (χ1v) is 13.0. The molecule has 10 atom stereocenters. The van der Waals surface area contributed by atoms with Crippen molar-refractivity contribution in [2.45, 2.75) is 61.4 Å². The summed E-state index contributed by atoms with van der Waals surface area (Å²) in [6.45, 7) is -0.738. The van der Waals surface area contributed by atoms with Crippen molar-refractivity contribution in [2.24, 2.45) is 0 Å². The molecule has 0 saturated carbocycles. The molecule has 2 aliphatic heterocycles. The zero-order valence-corrected chi connectivity index (χ0v) is 22.3. The van der Waals surface area contributed by atoms with Crippen LogP contribution in [0.5, 0.6) is 28.7 Å². The Kier molecular flexibility index (Phi) is 8.67. The average Bonchev–Trinajstić information content (AvgIpc) is 2.98. The minimum absolute atomic E-state index is 0.0485. The van der Waals surface area contributed by atoms with Crippen molar-refractivity contribution >= 4 is 16.9 Å². The van der Waals surface area contributed by atoms with E-state index < -0.39 is 91.2 Å². The first kappa shape index (κ1) is 31.4. The van der Waals surface area contributed by atoms with Gasteiger partial charge in [0, 0.05) is 18.2 Å². The molecule has 2 saturated heterocycles. The highest BCUT2D eigenvalue weighted by molar-refractivity contribution is 5.88. The highest BCUT2D eigenvalue weighted by Crippen LogP contribution is 2.42. The van der Waals surface area contributed by atoms with Crippen molar-refractivity contribution in [3.05, 3.63) is 36.4 Å². The van der Waals surface area contributed by atoms with Gasteiger partial charge in [-0.1, -0.05) is 0 Å². The quantitative estimate of drug-likeness (QED) is 0.0994. The number of hydrogen-bond donors (Lipinski definition) is 11. The van der Waals surface area contributed by atoms with Gasteiger partial charge >= 0.3 is 17.3 Å². The zero-order chi connectivity index (χ0) is 32.0. The Morgan fingerprint density at radius 2 is 1.41 bits per heavy atom. The van der Waals surface area contributed by atoms with Crippen LogP contribution in [0.1, 0.15) is 0 Å². The summed E-state index contributed by atoms with van der Waals surface area (Å²) in [7, 11) is 0. The van der Waals surface area contributed by atoms with Crippen molar-refractivity contribution in [3.63, 3.8) is 0 Å². The number of rotatable bonds is 7. The number of carbonyl (C=O) groups is 1. The van der Waals surface area contributed by atoms with Gasteiger partial charge in [-0.3, -0.25) is 0 Å². The highest BCUT2D eigenvalue weighted by atomic mass is 16.7.